The predicted octanol–water partition coefficient (Wildman–Crippen LogP) is 17.2. The fourth-order valence-corrected chi connectivity index (χ4v) is 10.3. The monoisotopic (exact) mass is 1090 g/mol. The fourth-order valence-electron chi connectivity index (χ4n) is 10.3. The number of aliphatic hydroxyl groups is 2. The van der Waals surface area contributed by atoms with Gasteiger partial charge in [0.25, 0.3) is 0 Å². The molecule has 0 radical (unpaired) electrons. The van der Waals surface area contributed by atoms with Crippen LogP contribution in [0.1, 0.15) is 329 Å². The molecule has 6 unspecified atom stereocenters. The molecule has 12 heteroatoms. The van der Waals surface area contributed by atoms with Crippen LogP contribution in [0.2, 0.25) is 0 Å². The minimum absolute atomic E-state index is 0.0648. The van der Waals surface area contributed by atoms with E-state index < -0.39 is 67.3 Å². The lowest BCUT2D eigenvalue weighted by atomic mass is 9.98. The van der Waals surface area contributed by atoms with Gasteiger partial charge in [0.1, 0.15) is 18.8 Å². The van der Waals surface area contributed by atoms with Gasteiger partial charge in [0.05, 0.1) is 6.61 Å². The molecular formula is C65H120O12. The zero-order chi connectivity index (χ0) is 56.1. The number of ether oxygens (including phenoxy) is 5. The molecular weight excluding hydrogens is 973 g/mol. The number of carboxylic acids is 1. The number of allylic oxidation sites excluding steroid dienone is 2. The molecule has 12 nitrogen and oxygen atoms in total. The second kappa shape index (κ2) is 54.1. The highest BCUT2D eigenvalue weighted by Crippen LogP contribution is 2.27. The van der Waals surface area contributed by atoms with Gasteiger partial charge in [0.2, 0.25) is 0 Å². The SMILES string of the molecule is CCCCCCCC/C=C\CCCCCCCCCCCC(=O)OC1C(OCC(COC(=O)CCCCCCCCCCCCCCCCCCCCC)OC(=O)CCCCCCCCCCC)OC(C(=O)O)C(O)C1O. The molecule has 0 aromatic heterocycles. The molecule has 1 rings (SSSR count). The van der Waals surface area contributed by atoms with Crippen molar-refractivity contribution in [1.82, 2.24) is 0 Å². The molecule has 0 amide bonds. The van der Waals surface area contributed by atoms with Crippen LogP contribution in [0.25, 0.3) is 0 Å². The summed E-state index contributed by atoms with van der Waals surface area (Å²) >= 11 is 0. The van der Waals surface area contributed by atoms with E-state index in [0.29, 0.717) is 19.3 Å². The van der Waals surface area contributed by atoms with E-state index in [0.717, 1.165) is 70.6 Å². The molecule has 0 spiro atoms. The highest BCUT2D eigenvalue weighted by Gasteiger charge is 2.50. The third-order valence-corrected chi connectivity index (χ3v) is 15.3. The summed E-state index contributed by atoms with van der Waals surface area (Å²) in [5.41, 5.74) is 0. The number of unbranched alkanes of at least 4 members (excludes halogenated alkanes) is 41. The Kier molecular flexibility index (Phi) is 50.9. The summed E-state index contributed by atoms with van der Waals surface area (Å²) < 4.78 is 28.5. The van der Waals surface area contributed by atoms with Crippen LogP contribution in [0.3, 0.4) is 0 Å². The second-order valence-electron chi connectivity index (χ2n) is 22.8. The van der Waals surface area contributed by atoms with Crippen molar-refractivity contribution in [3.63, 3.8) is 0 Å². The summed E-state index contributed by atoms with van der Waals surface area (Å²) in [6.45, 7) is 6.02. The van der Waals surface area contributed by atoms with Gasteiger partial charge in [0.15, 0.2) is 24.6 Å². The lowest BCUT2D eigenvalue weighted by Crippen LogP contribution is -2.61. The minimum Gasteiger partial charge on any atom is -0.479 e. The molecule has 0 bridgehead atoms. The standard InChI is InChI=1S/C65H120O12/c1-4-7-10-13-16-19-21-23-25-27-29-31-33-35-37-40-42-45-48-51-57(66)73-54-56(75-58(67)52-49-46-43-39-18-15-12-9-6-3)55-74-65-63(61(70)60(69)62(77-65)64(71)72)76-59(68)53-50-47-44-41-38-36-34-32-30-28-26-24-22-20-17-14-11-8-5-2/h24,26,56,60-63,65,69-70H,4-23,25,27-55H2,1-3H3,(H,71,72)/b26-24-. The largest absolute Gasteiger partial charge is 0.479 e. The van der Waals surface area contributed by atoms with E-state index in [4.69, 9.17) is 23.7 Å². The molecule has 77 heavy (non-hydrogen) atoms. The van der Waals surface area contributed by atoms with E-state index in [1.807, 2.05) is 0 Å². The Balaban J connectivity index is 2.56. The van der Waals surface area contributed by atoms with Crippen LogP contribution in [0.15, 0.2) is 12.2 Å². The number of carbonyl (C=O) groups excluding carboxylic acids is 3. The van der Waals surface area contributed by atoms with E-state index in [1.54, 1.807) is 0 Å². The average Bonchev–Trinajstić information content (AvgIpc) is 3.42. The minimum atomic E-state index is -1.90. The van der Waals surface area contributed by atoms with Crippen LogP contribution in [0.4, 0.5) is 0 Å². The maximum atomic E-state index is 13.1. The number of carboxylic acid groups (broad SMARTS) is 1. The number of hydrogen-bond donors (Lipinski definition) is 3. The molecule has 0 saturated carbocycles. The van der Waals surface area contributed by atoms with Crippen molar-refractivity contribution in [3.05, 3.63) is 12.2 Å². The molecule has 1 saturated heterocycles. The van der Waals surface area contributed by atoms with Gasteiger partial charge in [-0.3, -0.25) is 14.4 Å². The molecule has 3 N–H and O–H groups in total. The van der Waals surface area contributed by atoms with Gasteiger partial charge >= 0.3 is 23.9 Å². The Morgan fingerprint density at radius 3 is 1.10 bits per heavy atom. The van der Waals surface area contributed by atoms with E-state index in [-0.39, 0.29) is 25.9 Å². The first-order valence-corrected chi connectivity index (χ1v) is 32.7. The zero-order valence-corrected chi connectivity index (χ0v) is 50.0. The van der Waals surface area contributed by atoms with Crippen LogP contribution in [-0.4, -0.2) is 89.2 Å². The number of aliphatic carboxylic acids is 1. The van der Waals surface area contributed by atoms with E-state index in [2.05, 4.69) is 32.9 Å². The maximum absolute atomic E-state index is 13.1. The number of hydrogen-bond acceptors (Lipinski definition) is 11. The van der Waals surface area contributed by atoms with Crippen LogP contribution in [0.5, 0.6) is 0 Å². The smallest absolute Gasteiger partial charge is 0.335 e. The van der Waals surface area contributed by atoms with E-state index >= 15 is 0 Å². The zero-order valence-electron chi connectivity index (χ0n) is 50.0. The van der Waals surface area contributed by atoms with Crippen molar-refractivity contribution in [2.24, 2.45) is 0 Å². The molecule has 0 aromatic rings. The first-order valence-electron chi connectivity index (χ1n) is 32.7. The molecule has 452 valence electrons. The third kappa shape index (κ3) is 43.9. The lowest BCUT2D eigenvalue weighted by molar-refractivity contribution is -0.301. The van der Waals surface area contributed by atoms with Crippen LogP contribution >= 0.6 is 0 Å². The second-order valence-corrected chi connectivity index (χ2v) is 22.8. The van der Waals surface area contributed by atoms with Crippen molar-refractivity contribution in [1.29, 1.82) is 0 Å². The first kappa shape index (κ1) is 72.5. The van der Waals surface area contributed by atoms with Gasteiger partial charge in [0, 0.05) is 19.3 Å². The predicted molar refractivity (Wildman–Crippen MR) is 313 cm³/mol. The van der Waals surface area contributed by atoms with Gasteiger partial charge in [-0.25, -0.2) is 4.79 Å². The van der Waals surface area contributed by atoms with Gasteiger partial charge in [-0.2, -0.15) is 0 Å². The first-order chi connectivity index (χ1) is 37.6. The lowest BCUT2D eigenvalue weighted by Gasteiger charge is -2.40. The third-order valence-electron chi connectivity index (χ3n) is 15.3. The van der Waals surface area contributed by atoms with Crippen molar-refractivity contribution >= 4 is 23.9 Å². The van der Waals surface area contributed by atoms with E-state index in [9.17, 15) is 34.5 Å². The summed E-state index contributed by atoms with van der Waals surface area (Å²) in [5, 5.41) is 31.5. The van der Waals surface area contributed by atoms with Gasteiger partial charge in [-0.15, -0.1) is 0 Å². The van der Waals surface area contributed by atoms with Crippen LogP contribution in [0, 0.1) is 0 Å². The van der Waals surface area contributed by atoms with Gasteiger partial charge in [-0.05, 0) is 44.9 Å². The molecule has 1 fully saturated rings. The molecule has 6 atom stereocenters. The Labute approximate surface area is 471 Å². The number of rotatable bonds is 57. The molecule has 0 aliphatic carbocycles. The normalized spacial score (nSPS) is 18.0. The highest BCUT2D eigenvalue weighted by molar-refractivity contribution is 5.74. The summed E-state index contributed by atoms with van der Waals surface area (Å²) in [7, 11) is 0. The summed E-state index contributed by atoms with van der Waals surface area (Å²) in [6.07, 6.45) is 49.1. The van der Waals surface area contributed by atoms with Crippen molar-refractivity contribution in [2.45, 2.75) is 366 Å². The quantitative estimate of drug-likeness (QED) is 0.0228. The highest BCUT2D eigenvalue weighted by atomic mass is 16.7. The number of carbonyl (C=O) groups is 4. The van der Waals surface area contributed by atoms with Crippen molar-refractivity contribution in [3.8, 4) is 0 Å². The fraction of sp³-hybridized carbons (Fsp3) is 0.908. The number of esters is 3. The summed E-state index contributed by atoms with van der Waals surface area (Å²) in [6, 6.07) is 0. The van der Waals surface area contributed by atoms with Crippen molar-refractivity contribution in [2.75, 3.05) is 13.2 Å². The topological polar surface area (TPSA) is 175 Å². The Morgan fingerprint density at radius 1 is 0.416 bits per heavy atom. The summed E-state index contributed by atoms with van der Waals surface area (Å²) in [4.78, 5) is 51.2. The molecule has 0 aromatic carbocycles. The van der Waals surface area contributed by atoms with Crippen LogP contribution < -0.4 is 0 Å². The van der Waals surface area contributed by atoms with Gasteiger partial charge in [-0.1, -0.05) is 277 Å². The maximum Gasteiger partial charge on any atom is 0.335 e. The van der Waals surface area contributed by atoms with Gasteiger partial charge < -0.3 is 39.0 Å². The van der Waals surface area contributed by atoms with Crippen molar-refractivity contribution < 1.29 is 58.2 Å². The molecule has 1 aliphatic heterocycles. The van der Waals surface area contributed by atoms with Crippen LogP contribution in [-0.2, 0) is 42.9 Å². The Hall–Kier alpha value is -2.54. The molecule has 1 aliphatic rings. The average molecular weight is 1090 g/mol. The Morgan fingerprint density at radius 2 is 0.740 bits per heavy atom. The number of aliphatic hydroxyl groups excluding tert-OH is 2. The van der Waals surface area contributed by atoms with E-state index in [1.165, 1.54) is 199 Å². The Bertz CT molecular complexity index is 1390. The summed E-state index contributed by atoms with van der Waals surface area (Å²) in [5.74, 6) is -3.08. The molecule has 1 heterocycles.